The molecule has 3 nitrogen and oxygen atoms in total. The van der Waals surface area contributed by atoms with Crippen molar-refractivity contribution >= 4 is 40.1 Å². The van der Waals surface area contributed by atoms with Crippen LogP contribution in [0.15, 0.2) is 54.7 Å². The number of hydrogen-bond donors (Lipinski definition) is 1. The predicted molar refractivity (Wildman–Crippen MR) is 120 cm³/mol. The van der Waals surface area contributed by atoms with Gasteiger partial charge in [0.15, 0.2) is 5.13 Å². The molecule has 1 amide bonds. The Morgan fingerprint density at radius 1 is 1.19 bits per heavy atom. The van der Waals surface area contributed by atoms with Crippen molar-refractivity contribution in [1.29, 1.82) is 0 Å². The Morgan fingerprint density at radius 3 is 2.55 bits per heavy atom. The molecule has 0 radical (unpaired) electrons. The van der Waals surface area contributed by atoms with E-state index in [1.807, 2.05) is 0 Å². The number of aromatic nitrogens is 1. The Balaban J connectivity index is 1.62. The molecule has 0 fully saturated rings. The smallest absolute Gasteiger partial charge is 0.298 e. The van der Waals surface area contributed by atoms with Gasteiger partial charge in [0.2, 0.25) is 5.91 Å². The van der Waals surface area contributed by atoms with E-state index in [-0.39, 0.29) is 10.6 Å². The average Bonchev–Trinajstić information content (AvgIpc) is 3.13. The monoisotopic (exact) mass is 464 g/mol. The van der Waals surface area contributed by atoms with Crippen LogP contribution in [-0.4, -0.2) is 10.9 Å². The largest absolute Gasteiger partial charge is 0.416 e. The normalized spacial score (nSPS) is 12.0. The van der Waals surface area contributed by atoms with Crippen molar-refractivity contribution in [2.45, 2.75) is 32.4 Å². The number of anilines is 1. The highest BCUT2D eigenvalue weighted by Gasteiger charge is 2.30. The highest BCUT2D eigenvalue weighted by molar-refractivity contribution is 7.15. The van der Waals surface area contributed by atoms with E-state index in [1.54, 1.807) is 6.20 Å². The van der Waals surface area contributed by atoms with Crippen LogP contribution < -0.4 is 5.32 Å². The first-order chi connectivity index (χ1) is 14.6. The maximum absolute atomic E-state index is 12.8. The molecule has 0 aliphatic rings. The van der Waals surface area contributed by atoms with Crippen LogP contribution in [0.5, 0.6) is 0 Å². The Hall–Kier alpha value is -2.64. The van der Waals surface area contributed by atoms with Crippen LogP contribution in [0.25, 0.3) is 6.08 Å². The van der Waals surface area contributed by atoms with E-state index in [0.717, 1.165) is 34.7 Å². The molecule has 162 valence electrons. The van der Waals surface area contributed by atoms with Crippen molar-refractivity contribution in [3.05, 3.63) is 86.9 Å². The molecule has 0 saturated carbocycles. The second-order valence-corrected chi connectivity index (χ2v) is 8.78. The highest BCUT2D eigenvalue weighted by Crippen LogP contribution is 2.32. The number of thiazole rings is 1. The molecule has 0 spiro atoms. The van der Waals surface area contributed by atoms with Crippen molar-refractivity contribution in [2.75, 3.05) is 5.32 Å². The van der Waals surface area contributed by atoms with Crippen LogP contribution in [-0.2, 0) is 17.4 Å². The number of carbonyl (C=O) groups excluding carboxylic acids is 1. The zero-order valence-electron chi connectivity index (χ0n) is 16.8. The van der Waals surface area contributed by atoms with Gasteiger partial charge >= 0.3 is 6.18 Å². The maximum atomic E-state index is 12.8. The number of alkyl halides is 3. The quantitative estimate of drug-likeness (QED) is 0.392. The fraction of sp³-hybridized carbons (Fsp3) is 0.217. The van der Waals surface area contributed by atoms with Crippen LogP contribution in [0.2, 0.25) is 5.02 Å². The summed E-state index contributed by atoms with van der Waals surface area (Å²) in [6.45, 7) is 4.28. The molecule has 0 aliphatic carbocycles. The van der Waals surface area contributed by atoms with Crippen LogP contribution in [0.1, 0.15) is 46.9 Å². The van der Waals surface area contributed by atoms with Gasteiger partial charge in [0, 0.05) is 28.6 Å². The maximum Gasteiger partial charge on any atom is 0.416 e. The van der Waals surface area contributed by atoms with Gasteiger partial charge in [-0.2, -0.15) is 13.2 Å². The van der Waals surface area contributed by atoms with E-state index in [0.29, 0.717) is 17.5 Å². The van der Waals surface area contributed by atoms with Gasteiger partial charge in [-0.1, -0.05) is 49.7 Å². The Labute approximate surface area is 187 Å². The summed E-state index contributed by atoms with van der Waals surface area (Å²) in [5, 5.41) is 3.16. The van der Waals surface area contributed by atoms with Gasteiger partial charge in [-0.15, -0.1) is 11.3 Å². The average molecular weight is 465 g/mol. The second-order valence-electron chi connectivity index (χ2n) is 7.26. The molecule has 0 atom stereocenters. The summed E-state index contributed by atoms with van der Waals surface area (Å²) in [4.78, 5) is 17.3. The summed E-state index contributed by atoms with van der Waals surface area (Å²) in [7, 11) is 0. The van der Waals surface area contributed by atoms with Crippen LogP contribution in [0.3, 0.4) is 0 Å². The Bertz CT molecular complexity index is 1090. The third kappa shape index (κ3) is 6.42. The van der Waals surface area contributed by atoms with Crippen molar-refractivity contribution in [1.82, 2.24) is 4.98 Å². The van der Waals surface area contributed by atoms with Crippen LogP contribution in [0.4, 0.5) is 18.3 Å². The van der Waals surface area contributed by atoms with Gasteiger partial charge < -0.3 is 0 Å². The number of hydrogen-bond acceptors (Lipinski definition) is 3. The summed E-state index contributed by atoms with van der Waals surface area (Å²) in [6, 6.07) is 11.3. The van der Waals surface area contributed by atoms with Gasteiger partial charge in [-0.3, -0.25) is 10.1 Å². The molecule has 2 aromatic carbocycles. The zero-order chi connectivity index (χ0) is 22.6. The minimum absolute atomic E-state index is 0.108. The fourth-order valence-corrected chi connectivity index (χ4v) is 3.86. The molecule has 1 N–H and O–H groups in total. The number of nitrogens with zero attached hydrogens (tertiary/aromatic N) is 1. The summed E-state index contributed by atoms with van der Waals surface area (Å²) in [5.41, 5.74) is 1.69. The summed E-state index contributed by atoms with van der Waals surface area (Å²) in [6.07, 6.45) is 0.290. The van der Waals surface area contributed by atoms with E-state index in [9.17, 15) is 18.0 Å². The first kappa shape index (κ1) is 23.0. The van der Waals surface area contributed by atoms with Gasteiger partial charge in [-0.05, 0) is 46.9 Å². The lowest BCUT2D eigenvalue weighted by atomic mass is 10.0. The van der Waals surface area contributed by atoms with E-state index < -0.39 is 17.6 Å². The number of amides is 1. The van der Waals surface area contributed by atoms with E-state index >= 15 is 0 Å². The standard InChI is InChI=1S/C23H20ClF3N2OS/c1-14(2)16-5-3-15(4-6-16)11-19-13-28-22(31-19)29-21(30)10-7-17-12-18(23(25,26)27)8-9-20(17)24/h3-10,12-14H,11H2,1-2H3,(H,28,29,30)/b10-7+. The number of rotatable bonds is 6. The molecule has 3 aromatic rings. The molecule has 0 unspecified atom stereocenters. The Kier molecular flexibility index (Phi) is 7.18. The molecule has 8 heteroatoms. The zero-order valence-corrected chi connectivity index (χ0v) is 18.4. The van der Waals surface area contributed by atoms with E-state index in [2.05, 4.69) is 48.4 Å². The molecule has 0 saturated heterocycles. The predicted octanol–water partition coefficient (Wildman–Crippen LogP) is 7.18. The van der Waals surface area contributed by atoms with Gasteiger partial charge in [-0.25, -0.2) is 4.98 Å². The lowest BCUT2D eigenvalue weighted by molar-refractivity contribution is -0.137. The molecule has 0 bridgehead atoms. The molecular formula is C23H20ClF3N2OS. The molecule has 3 rings (SSSR count). The minimum atomic E-state index is -4.48. The number of benzene rings is 2. The SMILES string of the molecule is CC(C)c1ccc(Cc2cnc(NC(=O)/C=C/c3cc(C(F)(F)F)ccc3Cl)s2)cc1. The number of nitrogens with one attached hydrogen (secondary N) is 1. The second kappa shape index (κ2) is 9.66. The molecule has 0 aliphatic heterocycles. The topological polar surface area (TPSA) is 42.0 Å². The highest BCUT2D eigenvalue weighted by atomic mass is 35.5. The Morgan fingerprint density at radius 2 is 1.90 bits per heavy atom. The third-order valence-electron chi connectivity index (χ3n) is 4.55. The molecule has 1 heterocycles. The van der Waals surface area contributed by atoms with Gasteiger partial charge in [0.05, 0.1) is 5.56 Å². The van der Waals surface area contributed by atoms with Crippen LogP contribution >= 0.6 is 22.9 Å². The van der Waals surface area contributed by atoms with Gasteiger partial charge in [0.25, 0.3) is 0 Å². The van der Waals surface area contributed by atoms with Crippen LogP contribution in [0, 0.1) is 0 Å². The summed E-state index contributed by atoms with van der Waals surface area (Å²) in [5.74, 6) is -0.0335. The lowest BCUT2D eigenvalue weighted by Crippen LogP contribution is -2.07. The van der Waals surface area contributed by atoms with E-state index in [4.69, 9.17) is 11.6 Å². The molecule has 1 aromatic heterocycles. The first-order valence-electron chi connectivity index (χ1n) is 9.51. The van der Waals surface area contributed by atoms with Crippen molar-refractivity contribution in [3.8, 4) is 0 Å². The van der Waals surface area contributed by atoms with E-state index in [1.165, 1.54) is 23.0 Å². The summed E-state index contributed by atoms with van der Waals surface area (Å²) < 4.78 is 38.5. The molecule has 31 heavy (non-hydrogen) atoms. The van der Waals surface area contributed by atoms with Gasteiger partial charge in [0.1, 0.15) is 0 Å². The minimum Gasteiger partial charge on any atom is -0.298 e. The van der Waals surface area contributed by atoms with Crippen molar-refractivity contribution in [2.24, 2.45) is 0 Å². The number of halogens is 4. The van der Waals surface area contributed by atoms with Crippen molar-refractivity contribution < 1.29 is 18.0 Å². The third-order valence-corrected chi connectivity index (χ3v) is 5.80. The summed E-state index contributed by atoms with van der Waals surface area (Å²) >= 11 is 7.28. The number of carbonyl (C=O) groups is 1. The molecular weight excluding hydrogens is 445 g/mol. The fourth-order valence-electron chi connectivity index (χ4n) is 2.83. The van der Waals surface area contributed by atoms with Crippen molar-refractivity contribution in [3.63, 3.8) is 0 Å². The first-order valence-corrected chi connectivity index (χ1v) is 10.7. The lowest BCUT2D eigenvalue weighted by Gasteiger charge is -2.08.